The third-order valence-corrected chi connectivity index (χ3v) is 3.73. The standard InChI is InChI=1S/C16H33NO4/c1-15(14-17-16-6-4-3-5-7-16)21-13-12-20-11-10-19-9-8-18-2/h15-17H,3-14H2,1-2H3. The first-order chi connectivity index (χ1) is 10.3. The lowest BCUT2D eigenvalue weighted by Gasteiger charge is -2.24. The predicted molar refractivity (Wildman–Crippen MR) is 83.8 cm³/mol. The normalized spacial score (nSPS) is 18.0. The van der Waals surface area contributed by atoms with Crippen LogP contribution in [0.3, 0.4) is 0 Å². The molecule has 1 saturated carbocycles. The second-order valence-corrected chi connectivity index (χ2v) is 5.64. The monoisotopic (exact) mass is 303 g/mol. The first-order valence-electron chi connectivity index (χ1n) is 8.32. The van der Waals surface area contributed by atoms with E-state index < -0.39 is 0 Å². The zero-order valence-electron chi connectivity index (χ0n) is 13.8. The summed E-state index contributed by atoms with van der Waals surface area (Å²) < 4.78 is 21.4. The zero-order valence-corrected chi connectivity index (χ0v) is 13.8. The molecule has 0 heterocycles. The highest BCUT2D eigenvalue weighted by Gasteiger charge is 2.13. The number of hydrogen-bond acceptors (Lipinski definition) is 5. The van der Waals surface area contributed by atoms with Crippen molar-refractivity contribution in [3.05, 3.63) is 0 Å². The number of rotatable bonds is 13. The molecule has 0 aliphatic heterocycles. The number of methoxy groups -OCH3 is 1. The van der Waals surface area contributed by atoms with Gasteiger partial charge in [-0.15, -0.1) is 0 Å². The molecule has 0 aromatic rings. The SMILES string of the molecule is COCCOCCOCCOC(C)CNC1CCCCC1. The minimum absolute atomic E-state index is 0.244. The molecule has 1 N–H and O–H groups in total. The van der Waals surface area contributed by atoms with Gasteiger partial charge in [0.15, 0.2) is 0 Å². The average Bonchev–Trinajstić information content (AvgIpc) is 2.52. The summed E-state index contributed by atoms with van der Waals surface area (Å²) in [6.07, 6.45) is 7.02. The maximum Gasteiger partial charge on any atom is 0.0704 e. The average molecular weight is 303 g/mol. The fourth-order valence-electron chi connectivity index (χ4n) is 2.47. The van der Waals surface area contributed by atoms with Gasteiger partial charge in [0.2, 0.25) is 0 Å². The van der Waals surface area contributed by atoms with Gasteiger partial charge in [-0.3, -0.25) is 0 Å². The zero-order chi connectivity index (χ0) is 15.2. The Morgan fingerprint density at radius 1 is 0.905 bits per heavy atom. The summed E-state index contributed by atoms with van der Waals surface area (Å²) in [5, 5.41) is 3.60. The van der Waals surface area contributed by atoms with Gasteiger partial charge in [0.25, 0.3) is 0 Å². The van der Waals surface area contributed by atoms with Crippen molar-refractivity contribution in [3.63, 3.8) is 0 Å². The maximum absolute atomic E-state index is 5.73. The topological polar surface area (TPSA) is 49.0 Å². The van der Waals surface area contributed by atoms with Crippen molar-refractivity contribution in [1.82, 2.24) is 5.32 Å². The lowest BCUT2D eigenvalue weighted by atomic mass is 9.95. The van der Waals surface area contributed by atoms with E-state index in [1.165, 1.54) is 32.1 Å². The third-order valence-electron chi connectivity index (χ3n) is 3.73. The van der Waals surface area contributed by atoms with Crippen LogP contribution in [0.4, 0.5) is 0 Å². The second-order valence-electron chi connectivity index (χ2n) is 5.64. The Balaban J connectivity index is 1.81. The molecule has 126 valence electrons. The van der Waals surface area contributed by atoms with Crippen LogP contribution >= 0.6 is 0 Å². The predicted octanol–water partition coefficient (Wildman–Crippen LogP) is 1.99. The Hall–Kier alpha value is -0.200. The molecule has 0 aromatic carbocycles. The van der Waals surface area contributed by atoms with Crippen LogP contribution in [0.25, 0.3) is 0 Å². The van der Waals surface area contributed by atoms with Crippen LogP contribution in [0, 0.1) is 0 Å². The number of ether oxygens (including phenoxy) is 4. The van der Waals surface area contributed by atoms with Crippen molar-refractivity contribution < 1.29 is 18.9 Å². The van der Waals surface area contributed by atoms with Gasteiger partial charge >= 0.3 is 0 Å². The summed E-state index contributed by atoms with van der Waals surface area (Å²) in [5.41, 5.74) is 0. The van der Waals surface area contributed by atoms with Crippen molar-refractivity contribution >= 4 is 0 Å². The molecule has 1 aliphatic rings. The largest absolute Gasteiger partial charge is 0.382 e. The van der Waals surface area contributed by atoms with Crippen molar-refractivity contribution in [2.75, 3.05) is 53.3 Å². The van der Waals surface area contributed by atoms with E-state index in [-0.39, 0.29) is 6.10 Å². The molecule has 1 atom stereocenters. The first-order valence-corrected chi connectivity index (χ1v) is 8.32. The van der Waals surface area contributed by atoms with E-state index in [0.29, 0.717) is 45.7 Å². The van der Waals surface area contributed by atoms with E-state index in [0.717, 1.165) is 6.54 Å². The molecule has 0 spiro atoms. The summed E-state index contributed by atoms with van der Waals surface area (Å²) >= 11 is 0. The molecule has 0 radical (unpaired) electrons. The molecule has 0 saturated heterocycles. The fourth-order valence-corrected chi connectivity index (χ4v) is 2.47. The molecule has 21 heavy (non-hydrogen) atoms. The number of nitrogens with one attached hydrogen (secondary N) is 1. The molecule has 1 rings (SSSR count). The molecule has 0 bridgehead atoms. The minimum atomic E-state index is 0.244. The summed E-state index contributed by atoms with van der Waals surface area (Å²) in [6.45, 7) is 6.81. The fraction of sp³-hybridized carbons (Fsp3) is 1.00. The van der Waals surface area contributed by atoms with E-state index in [4.69, 9.17) is 18.9 Å². The molecule has 0 amide bonds. The van der Waals surface area contributed by atoms with Crippen molar-refractivity contribution in [2.24, 2.45) is 0 Å². The van der Waals surface area contributed by atoms with Crippen molar-refractivity contribution in [1.29, 1.82) is 0 Å². The molecule has 1 unspecified atom stereocenters. The van der Waals surface area contributed by atoms with Crippen LogP contribution in [-0.4, -0.2) is 65.4 Å². The summed E-state index contributed by atoms with van der Waals surface area (Å²) in [7, 11) is 1.67. The van der Waals surface area contributed by atoms with Crippen LogP contribution < -0.4 is 5.32 Å². The lowest BCUT2D eigenvalue weighted by molar-refractivity contribution is -0.0122. The van der Waals surface area contributed by atoms with Crippen LogP contribution in [0.15, 0.2) is 0 Å². The number of hydrogen-bond donors (Lipinski definition) is 1. The van der Waals surface area contributed by atoms with Crippen molar-refractivity contribution in [2.45, 2.75) is 51.2 Å². The van der Waals surface area contributed by atoms with Gasteiger partial charge in [-0.05, 0) is 19.8 Å². The van der Waals surface area contributed by atoms with E-state index >= 15 is 0 Å². The molecule has 1 aliphatic carbocycles. The van der Waals surface area contributed by atoms with Gasteiger partial charge in [0.05, 0.1) is 45.7 Å². The molecular formula is C16H33NO4. The van der Waals surface area contributed by atoms with E-state index in [2.05, 4.69) is 12.2 Å². The minimum Gasteiger partial charge on any atom is -0.382 e. The van der Waals surface area contributed by atoms with Crippen molar-refractivity contribution in [3.8, 4) is 0 Å². The van der Waals surface area contributed by atoms with Gasteiger partial charge in [-0.25, -0.2) is 0 Å². The van der Waals surface area contributed by atoms with E-state index in [9.17, 15) is 0 Å². The van der Waals surface area contributed by atoms with Crippen LogP contribution in [0.1, 0.15) is 39.0 Å². The molecule has 1 fully saturated rings. The van der Waals surface area contributed by atoms with Gasteiger partial charge in [-0.2, -0.15) is 0 Å². The highest BCUT2D eigenvalue weighted by Crippen LogP contribution is 2.17. The highest BCUT2D eigenvalue weighted by molar-refractivity contribution is 4.72. The van der Waals surface area contributed by atoms with Gasteiger partial charge in [-0.1, -0.05) is 19.3 Å². The second kappa shape index (κ2) is 13.5. The molecular weight excluding hydrogens is 270 g/mol. The van der Waals surface area contributed by atoms with Crippen LogP contribution in [0.5, 0.6) is 0 Å². The lowest BCUT2D eigenvalue weighted by Crippen LogP contribution is -2.37. The Morgan fingerprint density at radius 2 is 1.52 bits per heavy atom. The van der Waals surface area contributed by atoms with E-state index in [1.54, 1.807) is 7.11 Å². The van der Waals surface area contributed by atoms with Gasteiger partial charge in [0.1, 0.15) is 0 Å². The smallest absolute Gasteiger partial charge is 0.0704 e. The summed E-state index contributed by atoms with van der Waals surface area (Å²) in [4.78, 5) is 0. The quantitative estimate of drug-likeness (QED) is 0.527. The van der Waals surface area contributed by atoms with Gasteiger partial charge < -0.3 is 24.3 Å². The molecule has 5 nitrogen and oxygen atoms in total. The summed E-state index contributed by atoms with van der Waals surface area (Å²) in [5.74, 6) is 0. The van der Waals surface area contributed by atoms with Crippen LogP contribution in [-0.2, 0) is 18.9 Å². The highest BCUT2D eigenvalue weighted by atomic mass is 16.6. The Bertz CT molecular complexity index is 222. The van der Waals surface area contributed by atoms with E-state index in [1.807, 2.05) is 0 Å². The Morgan fingerprint density at radius 3 is 2.19 bits per heavy atom. The Labute approximate surface area is 129 Å². The van der Waals surface area contributed by atoms with Crippen LogP contribution in [0.2, 0.25) is 0 Å². The first kappa shape index (κ1) is 18.8. The summed E-state index contributed by atoms with van der Waals surface area (Å²) in [6, 6.07) is 0.699. The third kappa shape index (κ3) is 11.1. The maximum atomic E-state index is 5.73. The Kier molecular flexibility index (Phi) is 12.1. The molecule has 5 heteroatoms. The molecule has 0 aromatic heterocycles. The van der Waals surface area contributed by atoms with Gasteiger partial charge in [0, 0.05) is 19.7 Å².